The molecule has 5 nitrogen and oxygen atoms in total. The molecule has 0 spiro atoms. The Hall–Kier alpha value is -1.14. The van der Waals surface area contributed by atoms with Crippen molar-refractivity contribution in [3.8, 4) is 5.75 Å². The first kappa shape index (κ1) is 16.2. The van der Waals surface area contributed by atoms with Gasteiger partial charge in [-0.15, -0.1) is 0 Å². The van der Waals surface area contributed by atoms with Gasteiger partial charge in [-0.05, 0) is 24.1 Å². The van der Waals surface area contributed by atoms with Gasteiger partial charge in [0.1, 0.15) is 12.4 Å². The molecule has 0 aromatic heterocycles. The molecule has 0 radical (unpaired) electrons. The number of nitrogens with zero attached hydrogens (tertiary/aromatic N) is 1. The van der Waals surface area contributed by atoms with Crippen LogP contribution >= 0.6 is 0 Å². The van der Waals surface area contributed by atoms with E-state index >= 15 is 0 Å². The Morgan fingerprint density at radius 2 is 1.95 bits per heavy atom. The molecule has 5 heteroatoms. The first-order valence-corrected chi connectivity index (χ1v) is 7.35. The number of aliphatic hydroxyl groups excluding tert-OH is 1. The second kappa shape index (κ2) is 8.34. The van der Waals surface area contributed by atoms with Crippen molar-refractivity contribution >= 4 is 0 Å². The molecule has 1 aliphatic heterocycles. The zero-order valence-electron chi connectivity index (χ0n) is 12.8. The third kappa shape index (κ3) is 4.68. The number of methoxy groups -OCH3 is 2. The number of rotatable bonds is 8. The van der Waals surface area contributed by atoms with Crippen molar-refractivity contribution in [2.75, 3.05) is 40.6 Å². The molecule has 1 aromatic rings. The predicted molar refractivity (Wildman–Crippen MR) is 80.5 cm³/mol. The smallest absolute Gasteiger partial charge is 0.119 e. The molecule has 0 amide bonds. The fourth-order valence-corrected chi connectivity index (χ4v) is 2.66. The summed E-state index contributed by atoms with van der Waals surface area (Å²) in [7, 11) is 3.39. The first-order chi connectivity index (χ1) is 10.3. The van der Waals surface area contributed by atoms with Gasteiger partial charge in [-0.25, -0.2) is 0 Å². The molecule has 0 unspecified atom stereocenters. The second-order valence-corrected chi connectivity index (χ2v) is 5.34. The minimum absolute atomic E-state index is 0.179. The lowest BCUT2D eigenvalue weighted by atomic mass is 10.2. The Labute approximate surface area is 126 Å². The van der Waals surface area contributed by atoms with Crippen molar-refractivity contribution in [3.63, 3.8) is 0 Å². The maximum absolute atomic E-state index is 9.46. The van der Waals surface area contributed by atoms with E-state index in [2.05, 4.69) is 17.0 Å². The third-order valence-electron chi connectivity index (χ3n) is 3.90. The van der Waals surface area contributed by atoms with E-state index in [4.69, 9.17) is 14.2 Å². The SMILES string of the molecule is COCCOc1ccc(CN2C[C@@H](OC)C[C@H]2CO)cc1. The highest BCUT2D eigenvalue weighted by Crippen LogP contribution is 2.23. The lowest BCUT2D eigenvalue weighted by molar-refractivity contribution is 0.107. The normalized spacial score (nSPS) is 22.6. The molecule has 21 heavy (non-hydrogen) atoms. The predicted octanol–water partition coefficient (Wildman–Crippen LogP) is 1.29. The fraction of sp³-hybridized carbons (Fsp3) is 0.625. The van der Waals surface area contributed by atoms with Crippen LogP contribution in [0, 0.1) is 0 Å². The van der Waals surface area contributed by atoms with E-state index in [1.807, 2.05) is 12.1 Å². The summed E-state index contributed by atoms with van der Waals surface area (Å²) in [6, 6.07) is 8.27. The van der Waals surface area contributed by atoms with Gasteiger partial charge < -0.3 is 19.3 Å². The minimum Gasteiger partial charge on any atom is -0.491 e. The van der Waals surface area contributed by atoms with Crippen LogP contribution in [0.1, 0.15) is 12.0 Å². The molecule has 1 N–H and O–H groups in total. The van der Waals surface area contributed by atoms with E-state index in [1.54, 1.807) is 14.2 Å². The van der Waals surface area contributed by atoms with Crippen LogP contribution in [0.3, 0.4) is 0 Å². The van der Waals surface area contributed by atoms with Crippen LogP contribution in [0.2, 0.25) is 0 Å². The molecule has 2 rings (SSSR count). The largest absolute Gasteiger partial charge is 0.491 e. The Kier molecular flexibility index (Phi) is 6.45. The third-order valence-corrected chi connectivity index (χ3v) is 3.90. The summed E-state index contributed by atoms with van der Waals surface area (Å²) in [6.45, 7) is 3.02. The molecule has 1 aliphatic rings. The first-order valence-electron chi connectivity index (χ1n) is 7.35. The average Bonchev–Trinajstić information content (AvgIpc) is 2.91. The number of hydrogen-bond acceptors (Lipinski definition) is 5. The van der Waals surface area contributed by atoms with Crippen LogP contribution in [0.25, 0.3) is 0 Å². The Morgan fingerprint density at radius 1 is 1.19 bits per heavy atom. The second-order valence-electron chi connectivity index (χ2n) is 5.34. The van der Waals surface area contributed by atoms with Gasteiger partial charge >= 0.3 is 0 Å². The molecule has 1 saturated heterocycles. The summed E-state index contributed by atoms with van der Waals surface area (Å²) in [5, 5.41) is 9.46. The average molecular weight is 295 g/mol. The van der Waals surface area contributed by atoms with E-state index in [1.165, 1.54) is 5.56 Å². The van der Waals surface area contributed by atoms with Crippen molar-refractivity contribution in [1.29, 1.82) is 0 Å². The van der Waals surface area contributed by atoms with Crippen molar-refractivity contribution in [1.82, 2.24) is 4.90 Å². The standard InChI is InChI=1S/C16H25NO4/c1-19-7-8-21-15-5-3-13(4-6-15)10-17-11-16(20-2)9-14(17)12-18/h3-6,14,16,18H,7-12H2,1-2H3/t14-,16-/m0/s1. The molecular formula is C16H25NO4. The summed E-state index contributed by atoms with van der Waals surface area (Å²) < 4.78 is 15.9. The van der Waals surface area contributed by atoms with Gasteiger partial charge in [0.05, 0.1) is 19.3 Å². The summed E-state index contributed by atoms with van der Waals surface area (Å²) in [4.78, 5) is 2.27. The van der Waals surface area contributed by atoms with Crippen molar-refractivity contribution in [3.05, 3.63) is 29.8 Å². The Morgan fingerprint density at radius 3 is 2.57 bits per heavy atom. The zero-order valence-corrected chi connectivity index (χ0v) is 12.8. The van der Waals surface area contributed by atoms with E-state index in [-0.39, 0.29) is 18.8 Å². The van der Waals surface area contributed by atoms with Gasteiger partial charge in [0.15, 0.2) is 0 Å². The monoisotopic (exact) mass is 295 g/mol. The zero-order chi connectivity index (χ0) is 15.1. The number of benzene rings is 1. The molecule has 0 aliphatic carbocycles. The summed E-state index contributed by atoms with van der Waals surface area (Å²) in [6.07, 6.45) is 1.12. The topological polar surface area (TPSA) is 51.2 Å². The molecule has 2 atom stereocenters. The van der Waals surface area contributed by atoms with Crippen LogP contribution < -0.4 is 4.74 Å². The molecule has 1 heterocycles. The lowest BCUT2D eigenvalue weighted by Gasteiger charge is -2.22. The van der Waals surface area contributed by atoms with Gasteiger partial charge in [-0.3, -0.25) is 4.90 Å². The van der Waals surface area contributed by atoms with Gasteiger partial charge in [-0.1, -0.05) is 12.1 Å². The number of ether oxygens (including phenoxy) is 3. The van der Waals surface area contributed by atoms with Crippen molar-refractivity contribution in [2.24, 2.45) is 0 Å². The van der Waals surface area contributed by atoms with Gasteiger partial charge in [0.2, 0.25) is 0 Å². The minimum atomic E-state index is 0.179. The summed E-state index contributed by atoms with van der Waals surface area (Å²) in [5.74, 6) is 0.852. The Balaban J connectivity index is 1.87. The van der Waals surface area contributed by atoms with Crippen LogP contribution in [0.15, 0.2) is 24.3 Å². The maximum Gasteiger partial charge on any atom is 0.119 e. The van der Waals surface area contributed by atoms with Crippen molar-refractivity contribution in [2.45, 2.75) is 25.1 Å². The summed E-state index contributed by atoms with van der Waals surface area (Å²) in [5.41, 5.74) is 1.21. The van der Waals surface area contributed by atoms with E-state index in [0.29, 0.717) is 13.2 Å². The van der Waals surface area contributed by atoms with Crippen molar-refractivity contribution < 1.29 is 19.3 Å². The molecule has 1 aromatic carbocycles. The summed E-state index contributed by atoms with van der Waals surface area (Å²) >= 11 is 0. The number of aliphatic hydroxyl groups is 1. The van der Waals surface area contributed by atoms with Gasteiger partial charge in [0.25, 0.3) is 0 Å². The highest BCUT2D eigenvalue weighted by Gasteiger charge is 2.31. The number of hydrogen-bond donors (Lipinski definition) is 1. The van der Waals surface area contributed by atoms with E-state index in [9.17, 15) is 5.11 Å². The molecular weight excluding hydrogens is 270 g/mol. The quantitative estimate of drug-likeness (QED) is 0.733. The molecule has 0 bridgehead atoms. The number of likely N-dealkylation sites (tertiary alicyclic amines) is 1. The molecule has 118 valence electrons. The van der Waals surface area contributed by atoms with Crippen LogP contribution in [0.5, 0.6) is 5.75 Å². The molecule has 0 saturated carbocycles. The lowest BCUT2D eigenvalue weighted by Crippen LogP contribution is -2.31. The van der Waals surface area contributed by atoms with Crippen LogP contribution in [0.4, 0.5) is 0 Å². The van der Waals surface area contributed by atoms with E-state index < -0.39 is 0 Å². The van der Waals surface area contributed by atoms with Gasteiger partial charge in [-0.2, -0.15) is 0 Å². The Bertz CT molecular complexity index is 409. The molecule has 1 fully saturated rings. The fourth-order valence-electron chi connectivity index (χ4n) is 2.66. The highest BCUT2D eigenvalue weighted by atomic mass is 16.5. The highest BCUT2D eigenvalue weighted by molar-refractivity contribution is 5.27. The van der Waals surface area contributed by atoms with E-state index in [0.717, 1.165) is 25.3 Å². The maximum atomic E-state index is 9.46. The van der Waals surface area contributed by atoms with Gasteiger partial charge in [0, 0.05) is 33.4 Å². The van der Waals surface area contributed by atoms with Crippen LogP contribution in [-0.4, -0.2) is 62.7 Å². The van der Waals surface area contributed by atoms with Crippen LogP contribution in [-0.2, 0) is 16.0 Å².